The maximum absolute atomic E-state index is 12.5. The fraction of sp³-hybridized carbons (Fsp3) is 0.143. The molecule has 0 radical (unpaired) electrons. The van der Waals surface area contributed by atoms with E-state index >= 15 is 0 Å². The highest BCUT2D eigenvalue weighted by Crippen LogP contribution is 2.34. The maximum atomic E-state index is 12.5. The molecule has 0 saturated heterocycles. The van der Waals surface area contributed by atoms with Crippen LogP contribution in [0.1, 0.15) is 22.8 Å². The number of aryl methyl sites for hydroxylation is 1. The molecule has 4 rings (SSSR count). The normalized spacial score (nSPS) is 11.9. The molecule has 2 heterocycles. The first-order chi connectivity index (χ1) is 14.5. The third kappa shape index (κ3) is 4.86. The van der Waals surface area contributed by atoms with Gasteiger partial charge in [0.2, 0.25) is 5.91 Å². The standard InChI is InChI=1S/C21H18N4O2S3/c1-12-4-3-5-14(10-12)19(27)23-15-6-7-16-17(11-15)30-21(24-16)29-13(2)18(26)25-20-22-8-9-28-20/h3-11,13H,1-2H3,(H,23,27)(H,22,25,26)/t13-/m1/s1. The molecular formula is C21H18N4O2S3. The number of carbonyl (C=O) groups excluding carboxylic acids is 2. The number of nitrogens with one attached hydrogen (secondary N) is 2. The Morgan fingerprint density at radius 1 is 1.13 bits per heavy atom. The van der Waals surface area contributed by atoms with Gasteiger partial charge in [-0.3, -0.25) is 9.59 Å². The largest absolute Gasteiger partial charge is 0.322 e. The minimum absolute atomic E-state index is 0.111. The highest BCUT2D eigenvalue weighted by atomic mass is 32.2. The molecule has 152 valence electrons. The first kappa shape index (κ1) is 20.5. The van der Waals surface area contributed by atoms with Crippen LogP contribution in [-0.2, 0) is 4.79 Å². The van der Waals surface area contributed by atoms with E-state index in [9.17, 15) is 9.59 Å². The van der Waals surface area contributed by atoms with Gasteiger partial charge in [-0.05, 0) is 44.2 Å². The highest BCUT2D eigenvalue weighted by Gasteiger charge is 2.18. The van der Waals surface area contributed by atoms with Crippen molar-refractivity contribution in [3.8, 4) is 0 Å². The summed E-state index contributed by atoms with van der Waals surface area (Å²) in [7, 11) is 0. The molecule has 9 heteroatoms. The number of benzene rings is 2. The van der Waals surface area contributed by atoms with E-state index in [0.29, 0.717) is 16.4 Å². The molecule has 0 aliphatic heterocycles. The summed E-state index contributed by atoms with van der Waals surface area (Å²) in [5.74, 6) is -0.259. The van der Waals surface area contributed by atoms with E-state index in [0.717, 1.165) is 20.1 Å². The SMILES string of the molecule is Cc1cccc(C(=O)Nc2ccc3nc(S[C@H](C)C(=O)Nc4nccs4)sc3c2)c1. The summed E-state index contributed by atoms with van der Waals surface area (Å²) in [5, 5.41) is 7.83. The number of hydrogen-bond donors (Lipinski definition) is 2. The quantitative estimate of drug-likeness (QED) is 0.379. The van der Waals surface area contributed by atoms with Gasteiger partial charge in [0.25, 0.3) is 5.91 Å². The summed E-state index contributed by atoms with van der Waals surface area (Å²) >= 11 is 4.28. The zero-order valence-corrected chi connectivity index (χ0v) is 18.7. The molecule has 1 atom stereocenters. The molecule has 0 saturated carbocycles. The second-order valence-electron chi connectivity index (χ2n) is 6.57. The third-order valence-electron chi connectivity index (χ3n) is 4.22. The zero-order valence-electron chi connectivity index (χ0n) is 16.2. The fourth-order valence-electron chi connectivity index (χ4n) is 2.72. The average Bonchev–Trinajstić information content (AvgIpc) is 3.36. The van der Waals surface area contributed by atoms with Gasteiger partial charge in [0, 0.05) is 22.8 Å². The molecule has 0 spiro atoms. The molecule has 2 aromatic heterocycles. The maximum Gasteiger partial charge on any atom is 0.255 e. The Balaban J connectivity index is 1.44. The van der Waals surface area contributed by atoms with Crippen molar-refractivity contribution in [3.05, 3.63) is 65.2 Å². The Labute approximate surface area is 185 Å². The fourth-order valence-corrected chi connectivity index (χ4v) is 5.50. The lowest BCUT2D eigenvalue weighted by Crippen LogP contribution is -2.22. The molecule has 2 aromatic carbocycles. The molecule has 0 aliphatic carbocycles. The van der Waals surface area contributed by atoms with Crippen LogP contribution < -0.4 is 10.6 Å². The van der Waals surface area contributed by atoms with Crippen molar-refractivity contribution >= 4 is 67.3 Å². The van der Waals surface area contributed by atoms with Gasteiger partial charge >= 0.3 is 0 Å². The number of rotatable bonds is 6. The van der Waals surface area contributed by atoms with E-state index in [4.69, 9.17) is 0 Å². The minimum atomic E-state index is -0.310. The lowest BCUT2D eigenvalue weighted by atomic mass is 10.1. The van der Waals surface area contributed by atoms with Crippen LogP contribution in [0, 0.1) is 6.92 Å². The average molecular weight is 455 g/mol. The number of fused-ring (bicyclic) bond motifs is 1. The van der Waals surface area contributed by atoms with Crippen LogP contribution in [0.2, 0.25) is 0 Å². The summed E-state index contributed by atoms with van der Waals surface area (Å²) in [5.41, 5.74) is 3.21. The van der Waals surface area contributed by atoms with Gasteiger partial charge in [-0.25, -0.2) is 9.97 Å². The third-order valence-corrected chi connectivity index (χ3v) is 7.12. The van der Waals surface area contributed by atoms with Crippen LogP contribution in [0.15, 0.2) is 58.4 Å². The van der Waals surface area contributed by atoms with E-state index in [1.54, 1.807) is 12.3 Å². The summed E-state index contributed by atoms with van der Waals surface area (Å²) in [6, 6.07) is 13.1. The number of anilines is 2. The van der Waals surface area contributed by atoms with E-state index in [2.05, 4.69) is 20.6 Å². The Bertz CT molecular complexity index is 1200. The van der Waals surface area contributed by atoms with Gasteiger partial charge in [0.15, 0.2) is 9.47 Å². The Hall–Kier alpha value is -2.75. The number of thioether (sulfide) groups is 1. The highest BCUT2D eigenvalue weighted by molar-refractivity contribution is 8.02. The van der Waals surface area contributed by atoms with Gasteiger partial charge < -0.3 is 10.6 Å². The lowest BCUT2D eigenvalue weighted by molar-refractivity contribution is -0.115. The number of nitrogens with zero attached hydrogens (tertiary/aromatic N) is 2. The Morgan fingerprint density at radius 3 is 2.77 bits per heavy atom. The van der Waals surface area contributed by atoms with Crippen LogP contribution in [-0.4, -0.2) is 27.0 Å². The molecule has 0 aliphatic rings. The van der Waals surface area contributed by atoms with Gasteiger partial charge in [0.1, 0.15) is 0 Å². The van der Waals surface area contributed by atoms with Crippen molar-refractivity contribution in [2.45, 2.75) is 23.4 Å². The molecule has 4 aromatic rings. The topological polar surface area (TPSA) is 84.0 Å². The predicted octanol–water partition coefficient (Wildman–Crippen LogP) is 5.43. The van der Waals surface area contributed by atoms with Crippen molar-refractivity contribution in [3.63, 3.8) is 0 Å². The van der Waals surface area contributed by atoms with Crippen molar-refractivity contribution in [1.29, 1.82) is 0 Å². The van der Waals surface area contributed by atoms with Gasteiger partial charge in [0.05, 0.1) is 15.5 Å². The molecular weight excluding hydrogens is 436 g/mol. The first-order valence-electron chi connectivity index (χ1n) is 9.13. The van der Waals surface area contributed by atoms with Crippen molar-refractivity contribution in [2.24, 2.45) is 0 Å². The second-order valence-corrected chi connectivity index (χ2v) is 10.1. The van der Waals surface area contributed by atoms with E-state index in [1.807, 2.05) is 55.6 Å². The van der Waals surface area contributed by atoms with Crippen molar-refractivity contribution < 1.29 is 9.59 Å². The zero-order chi connectivity index (χ0) is 21.1. The smallest absolute Gasteiger partial charge is 0.255 e. The summed E-state index contributed by atoms with van der Waals surface area (Å²) in [4.78, 5) is 33.5. The molecule has 0 fully saturated rings. The summed E-state index contributed by atoms with van der Waals surface area (Å²) < 4.78 is 1.75. The van der Waals surface area contributed by atoms with Crippen LogP contribution in [0.5, 0.6) is 0 Å². The second kappa shape index (κ2) is 8.95. The molecule has 0 unspecified atom stereocenters. The molecule has 0 bridgehead atoms. The predicted molar refractivity (Wildman–Crippen MR) is 125 cm³/mol. The number of hydrogen-bond acceptors (Lipinski definition) is 7. The number of aromatic nitrogens is 2. The van der Waals surface area contributed by atoms with Crippen LogP contribution >= 0.6 is 34.4 Å². The Morgan fingerprint density at radius 2 is 2.00 bits per heavy atom. The number of amides is 2. The Kier molecular flexibility index (Phi) is 6.12. The van der Waals surface area contributed by atoms with Gasteiger partial charge in [-0.2, -0.15) is 0 Å². The van der Waals surface area contributed by atoms with Crippen molar-refractivity contribution in [1.82, 2.24) is 9.97 Å². The van der Waals surface area contributed by atoms with Crippen LogP contribution in [0.3, 0.4) is 0 Å². The summed E-state index contributed by atoms with van der Waals surface area (Å²) in [6.07, 6.45) is 1.65. The minimum Gasteiger partial charge on any atom is -0.322 e. The molecule has 2 N–H and O–H groups in total. The van der Waals surface area contributed by atoms with E-state index < -0.39 is 0 Å². The molecule has 30 heavy (non-hydrogen) atoms. The van der Waals surface area contributed by atoms with Crippen LogP contribution in [0.4, 0.5) is 10.8 Å². The monoisotopic (exact) mass is 454 g/mol. The number of thiazole rings is 2. The van der Waals surface area contributed by atoms with Gasteiger partial charge in [-0.15, -0.1) is 22.7 Å². The summed E-state index contributed by atoms with van der Waals surface area (Å²) in [6.45, 7) is 3.80. The lowest BCUT2D eigenvalue weighted by Gasteiger charge is -2.07. The van der Waals surface area contributed by atoms with Crippen LogP contribution in [0.25, 0.3) is 10.2 Å². The van der Waals surface area contributed by atoms with E-state index in [-0.39, 0.29) is 17.1 Å². The molecule has 6 nitrogen and oxygen atoms in total. The van der Waals surface area contributed by atoms with Gasteiger partial charge in [-0.1, -0.05) is 29.5 Å². The number of carbonyl (C=O) groups is 2. The molecule has 2 amide bonds. The van der Waals surface area contributed by atoms with E-state index in [1.165, 1.54) is 34.4 Å². The van der Waals surface area contributed by atoms with Crippen molar-refractivity contribution in [2.75, 3.05) is 10.6 Å². The first-order valence-corrected chi connectivity index (χ1v) is 11.7.